The van der Waals surface area contributed by atoms with Crippen LogP contribution in [-0.4, -0.2) is 4.98 Å². The second-order valence-electron chi connectivity index (χ2n) is 3.22. The van der Waals surface area contributed by atoms with Crippen LogP contribution < -0.4 is 5.73 Å². The van der Waals surface area contributed by atoms with E-state index in [4.69, 9.17) is 11.0 Å². The maximum atomic E-state index is 13.6. The van der Waals surface area contributed by atoms with Gasteiger partial charge in [0.25, 0.3) is 0 Å². The van der Waals surface area contributed by atoms with Gasteiger partial charge in [0, 0.05) is 23.0 Å². The molecular weight excluding hydrogens is 205 g/mol. The molecule has 0 amide bonds. The second-order valence-corrected chi connectivity index (χ2v) is 3.22. The van der Waals surface area contributed by atoms with Crippen molar-refractivity contribution in [3.63, 3.8) is 0 Å². The Hall–Kier alpha value is -2.41. The number of nitrogens with two attached hydrogens (primary N) is 1. The van der Waals surface area contributed by atoms with Gasteiger partial charge in [-0.2, -0.15) is 5.26 Å². The van der Waals surface area contributed by atoms with Gasteiger partial charge in [0.15, 0.2) is 0 Å². The third-order valence-corrected chi connectivity index (χ3v) is 2.23. The number of halogens is 1. The largest absolute Gasteiger partial charge is 0.398 e. The molecule has 0 atom stereocenters. The molecule has 0 aliphatic rings. The van der Waals surface area contributed by atoms with Gasteiger partial charge in [-0.05, 0) is 12.1 Å². The number of nitrogens with zero attached hydrogens (tertiary/aromatic N) is 2. The molecule has 2 N–H and O–H groups in total. The Morgan fingerprint density at radius 2 is 2.00 bits per heavy atom. The lowest BCUT2D eigenvalue weighted by Crippen LogP contribution is -1.97. The molecule has 1 aromatic carbocycles. The predicted octanol–water partition coefficient (Wildman–Crippen LogP) is 2.34. The van der Waals surface area contributed by atoms with E-state index in [9.17, 15) is 4.39 Å². The number of nitriles is 1. The summed E-state index contributed by atoms with van der Waals surface area (Å²) in [5, 5.41) is 8.90. The van der Waals surface area contributed by atoms with Gasteiger partial charge in [0.1, 0.15) is 17.6 Å². The molecule has 78 valence electrons. The van der Waals surface area contributed by atoms with Gasteiger partial charge in [0.05, 0.1) is 0 Å². The van der Waals surface area contributed by atoms with Gasteiger partial charge >= 0.3 is 0 Å². The highest BCUT2D eigenvalue weighted by molar-refractivity contribution is 5.80. The first-order chi connectivity index (χ1) is 7.74. The fraction of sp³-hybridized carbons (Fsp3) is 0. The van der Waals surface area contributed by atoms with Crippen LogP contribution in [-0.2, 0) is 0 Å². The first-order valence-corrected chi connectivity index (χ1v) is 4.63. The van der Waals surface area contributed by atoms with Crippen LogP contribution in [0.3, 0.4) is 0 Å². The van der Waals surface area contributed by atoms with Crippen molar-refractivity contribution in [2.45, 2.75) is 0 Å². The number of hydrogen-bond acceptors (Lipinski definition) is 3. The normalized spacial score (nSPS) is 9.75. The van der Waals surface area contributed by atoms with E-state index in [-0.39, 0.29) is 5.69 Å². The minimum absolute atomic E-state index is 0.130. The number of hydrogen-bond donors (Lipinski definition) is 1. The molecule has 0 aliphatic heterocycles. The van der Waals surface area contributed by atoms with E-state index in [0.717, 1.165) is 0 Å². The smallest absolute Gasteiger partial charge is 0.150 e. The third kappa shape index (κ3) is 1.59. The van der Waals surface area contributed by atoms with Gasteiger partial charge in [-0.15, -0.1) is 0 Å². The molecule has 0 spiro atoms. The van der Waals surface area contributed by atoms with E-state index in [0.29, 0.717) is 16.8 Å². The van der Waals surface area contributed by atoms with Crippen LogP contribution in [0.1, 0.15) is 5.69 Å². The first kappa shape index (κ1) is 10.1. The molecule has 1 aromatic heterocycles. The topological polar surface area (TPSA) is 62.7 Å². The van der Waals surface area contributed by atoms with Crippen LogP contribution in [0.5, 0.6) is 0 Å². The maximum Gasteiger partial charge on any atom is 0.150 e. The van der Waals surface area contributed by atoms with Gasteiger partial charge in [-0.25, -0.2) is 9.37 Å². The highest BCUT2D eigenvalue weighted by Crippen LogP contribution is 2.29. The molecule has 3 nitrogen and oxygen atoms in total. The van der Waals surface area contributed by atoms with Crippen molar-refractivity contribution in [2.75, 3.05) is 5.73 Å². The molecule has 0 saturated carbocycles. The number of rotatable bonds is 1. The number of benzene rings is 1. The average molecular weight is 213 g/mol. The maximum absolute atomic E-state index is 13.6. The highest BCUT2D eigenvalue weighted by atomic mass is 19.1. The summed E-state index contributed by atoms with van der Waals surface area (Å²) in [5.41, 5.74) is 6.86. The Bertz CT molecular complexity index is 573. The minimum atomic E-state index is -0.418. The second kappa shape index (κ2) is 3.99. The summed E-state index contributed by atoms with van der Waals surface area (Å²) in [6.45, 7) is 0. The van der Waals surface area contributed by atoms with E-state index >= 15 is 0 Å². The van der Waals surface area contributed by atoms with Crippen molar-refractivity contribution in [3.8, 4) is 17.2 Å². The van der Waals surface area contributed by atoms with Crippen molar-refractivity contribution < 1.29 is 4.39 Å². The zero-order valence-corrected chi connectivity index (χ0v) is 8.31. The number of aromatic nitrogens is 1. The van der Waals surface area contributed by atoms with Gasteiger partial charge in [-0.1, -0.05) is 18.2 Å². The molecule has 0 saturated heterocycles. The van der Waals surface area contributed by atoms with Gasteiger partial charge in [0.2, 0.25) is 0 Å². The van der Waals surface area contributed by atoms with E-state index in [1.165, 1.54) is 12.3 Å². The molecule has 0 aliphatic carbocycles. The Balaban J connectivity index is 2.75. The molecule has 2 aromatic rings. The molecule has 2 rings (SSSR count). The summed E-state index contributed by atoms with van der Waals surface area (Å²) in [4.78, 5) is 3.87. The zero-order chi connectivity index (χ0) is 11.5. The van der Waals surface area contributed by atoms with Crippen LogP contribution in [0.2, 0.25) is 0 Å². The SMILES string of the molecule is N#Cc1nccc(N)c1-c1ccccc1F. The summed E-state index contributed by atoms with van der Waals surface area (Å²) in [6, 6.07) is 9.61. The quantitative estimate of drug-likeness (QED) is 0.790. The Kier molecular flexibility index (Phi) is 2.52. The summed E-state index contributed by atoms with van der Waals surface area (Å²) < 4.78 is 13.6. The lowest BCUT2D eigenvalue weighted by Gasteiger charge is -2.07. The van der Waals surface area contributed by atoms with Crippen LogP contribution in [0.15, 0.2) is 36.5 Å². The van der Waals surface area contributed by atoms with Crippen LogP contribution in [0.25, 0.3) is 11.1 Å². The number of nitrogen functional groups attached to an aromatic ring is 1. The summed E-state index contributed by atoms with van der Waals surface area (Å²) in [5.74, 6) is -0.418. The first-order valence-electron chi connectivity index (χ1n) is 4.63. The highest BCUT2D eigenvalue weighted by Gasteiger charge is 2.13. The predicted molar refractivity (Wildman–Crippen MR) is 58.8 cm³/mol. The Morgan fingerprint density at radius 1 is 1.25 bits per heavy atom. The van der Waals surface area contributed by atoms with Crippen LogP contribution in [0, 0.1) is 17.1 Å². The summed E-state index contributed by atoms with van der Waals surface area (Å²) in [7, 11) is 0. The summed E-state index contributed by atoms with van der Waals surface area (Å²) in [6.07, 6.45) is 1.43. The van der Waals surface area contributed by atoms with Crippen molar-refractivity contribution in [2.24, 2.45) is 0 Å². The minimum Gasteiger partial charge on any atom is -0.398 e. The van der Waals surface area contributed by atoms with Crippen molar-refractivity contribution in [1.82, 2.24) is 4.98 Å². The molecule has 0 fully saturated rings. The molecule has 1 heterocycles. The molecular formula is C12H8FN3. The van der Waals surface area contributed by atoms with Crippen LogP contribution in [0.4, 0.5) is 10.1 Å². The molecule has 4 heteroatoms. The number of pyridine rings is 1. The lowest BCUT2D eigenvalue weighted by atomic mass is 10.0. The Labute approximate surface area is 92.0 Å². The third-order valence-electron chi connectivity index (χ3n) is 2.23. The average Bonchev–Trinajstić information content (AvgIpc) is 2.30. The Morgan fingerprint density at radius 3 is 2.69 bits per heavy atom. The van der Waals surface area contributed by atoms with E-state index in [1.54, 1.807) is 24.3 Å². The van der Waals surface area contributed by atoms with E-state index < -0.39 is 5.82 Å². The van der Waals surface area contributed by atoms with Gasteiger partial charge < -0.3 is 5.73 Å². The fourth-order valence-corrected chi connectivity index (χ4v) is 1.51. The molecule has 16 heavy (non-hydrogen) atoms. The van der Waals surface area contributed by atoms with Gasteiger partial charge in [-0.3, -0.25) is 0 Å². The van der Waals surface area contributed by atoms with Crippen molar-refractivity contribution in [3.05, 3.63) is 48.0 Å². The molecule has 0 radical (unpaired) electrons. The lowest BCUT2D eigenvalue weighted by molar-refractivity contribution is 0.631. The molecule has 0 unspecified atom stereocenters. The van der Waals surface area contributed by atoms with Crippen molar-refractivity contribution >= 4 is 5.69 Å². The van der Waals surface area contributed by atoms with Crippen LogP contribution >= 0.6 is 0 Å². The monoisotopic (exact) mass is 213 g/mol. The standard InChI is InChI=1S/C12H8FN3/c13-9-4-2-1-3-8(9)12-10(15)5-6-16-11(12)7-14/h1-6H,(H2,15,16). The van der Waals surface area contributed by atoms with Crippen molar-refractivity contribution in [1.29, 1.82) is 5.26 Å². The zero-order valence-electron chi connectivity index (χ0n) is 8.31. The summed E-state index contributed by atoms with van der Waals surface area (Å²) >= 11 is 0. The van der Waals surface area contributed by atoms with E-state index in [1.807, 2.05) is 6.07 Å². The number of anilines is 1. The van der Waals surface area contributed by atoms with E-state index in [2.05, 4.69) is 4.98 Å². The fourth-order valence-electron chi connectivity index (χ4n) is 1.51. The molecule has 0 bridgehead atoms.